The maximum Gasteiger partial charge on any atom is 0.348 e. The highest BCUT2D eigenvalue weighted by atomic mass is 35.5. The van der Waals surface area contributed by atoms with Crippen LogP contribution in [0.25, 0.3) is 0 Å². The maximum atomic E-state index is 12.4. The van der Waals surface area contributed by atoms with E-state index in [4.69, 9.17) is 49.0 Å². The smallest absolute Gasteiger partial charge is 0.348 e. The Bertz CT molecular complexity index is 1020. The molecule has 5 nitrogen and oxygen atoms in total. The summed E-state index contributed by atoms with van der Waals surface area (Å²) in [6, 6.07) is 9.39. The van der Waals surface area contributed by atoms with Crippen molar-refractivity contribution in [2.75, 3.05) is 13.2 Å². The molecule has 36 heavy (non-hydrogen) atoms. The molecule has 0 spiro atoms. The molecule has 1 N–H and O–H groups in total. The van der Waals surface area contributed by atoms with Crippen LogP contribution in [0.2, 0.25) is 10.0 Å². The van der Waals surface area contributed by atoms with Crippen LogP contribution in [-0.4, -0.2) is 47.7 Å². The second kappa shape index (κ2) is 12.3. The molecular formula is C27H33Cl3O5S. The van der Waals surface area contributed by atoms with Crippen LogP contribution in [0.4, 0.5) is 0 Å². The highest BCUT2D eigenvalue weighted by Gasteiger charge is 2.40. The largest absolute Gasteiger partial charge is 0.459 e. The van der Waals surface area contributed by atoms with Crippen molar-refractivity contribution in [1.82, 2.24) is 0 Å². The minimum Gasteiger partial charge on any atom is -0.459 e. The quantitative estimate of drug-likeness (QED) is 0.246. The first-order valence-corrected chi connectivity index (χ1v) is 14.5. The normalized spacial score (nSPS) is 27.4. The van der Waals surface area contributed by atoms with Gasteiger partial charge in [0, 0.05) is 20.3 Å². The monoisotopic (exact) mass is 574 g/mol. The van der Waals surface area contributed by atoms with Crippen molar-refractivity contribution < 1.29 is 24.1 Å². The second-order valence-electron chi connectivity index (χ2n) is 10.2. The van der Waals surface area contributed by atoms with E-state index in [-0.39, 0.29) is 35.9 Å². The van der Waals surface area contributed by atoms with Gasteiger partial charge < -0.3 is 19.3 Å². The van der Waals surface area contributed by atoms with Crippen molar-refractivity contribution in [3.05, 3.63) is 55.7 Å². The number of rotatable bonds is 10. The van der Waals surface area contributed by atoms with Crippen molar-refractivity contribution in [3.63, 3.8) is 0 Å². The van der Waals surface area contributed by atoms with Crippen molar-refractivity contribution in [2.24, 2.45) is 11.8 Å². The third-order valence-electron chi connectivity index (χ3n) is 6.96. The average Bonchev–Trinajstić information content (AvgIpc) is 3.48. The third kappa shape index (κ3) is 7.59. The highest BCUT2D eigenvalue weighted by molar-refractivity contribution is 7.13. The van der Waals surface area contributed by atoms with Crippen LogP contribution < -0.4 is 0 Å². The van der Waals surface area contributed by atoms with Crippen LogP contribution in [0.3, 0.4) is 0 Å². The lowest BCUT2D eigenvalue weighted by molar-refractivity contribution is -0.142. The van der Waals surface area contributed by atoms with E-state index in [1.165, 1.54) is 11.3 Å². The fourth-order valence-corrected chi connectivity index (χ4v) is 7.25. The number of hydrogen-bond donors (Lipinski definition) is 1. The molecule has 2 aromatic rings. The minimum atomic E-state index is -0.632. The van der Waals surface area contributed by atoms with Crippen LogP contribution in [-0.2, 0) is 27.1 Å². The Morgan fingerprint density at radius 3 is 2.58 bits per heavy atom. The zero-order valence-corrected chi connectivity index (χ0v) is 23.6. The van der Waals surface area contributed by atoms with E-state index in [0.717, 1.165) is 42.5 Å². The molecule has 5 atom stereocenters. The summed E-state index contributed by atoms with van der Waals surface area (Å²) in [5, 5.41) is 11.9. The van der Waals surface area contributed by atoms with Gasteiger partial charge in [0.2, 0.25) is 0 Å². The Balaban J connectivity index is 1.24. The van der Waals surface area contributed by atoms with E-state index >= 15 is 0 Å². The number of aliphatic hydroxyl groups is 1. The summed E-state index contributed by atoms with van der Waals surface area (Å²) in [4.78, 5) is 14.2. The molecule has 2 aliphatic rings. The fraction of sp³-hybridized carbons (Fsp3) is 0.593. The molecule has 1 aliphatic carbocycles. The topological polar surface area (TPSA) is 65.0 Å². The molecule has 4 rings (SSSR count). The van der Waals surface area contributed by atoms with Crippen LogP contribution in [0.15, 0.2) is 30.3 Å². The Kier molecular flexibility index (Phi) is 9.64. The van der Waals surface area contributed by atoms with Gasteiger partial charge in [0.1, 0.15) is 17.6 Å². The van der Waals surface area contributed by atoms with E-state index < -0.39 is 11.9 Å². The zero-order chi connectivity index (χ0) is 25.9. The molecule has 0 radical (unpaired) electrons. The fourth-order valence-electron chi connectivity index (χ4n) is 5.24. The number of aliphatic hydroxyl groups excluding tert-OH is 1. The molecule has 2 fully saturated rings. The summed E-state index contributed by atoms with van der Waals surface area (Å²) in [5.74, 6) is -0.572. The molecule has 198 valence electrons. The number of aryl methyl sites for hydroxylation is 2. The van der Waals surface area contributed by atoms with Gasteiger partial charge in [-0.15, -0.1) is 22.9 Å². The van der Waals surface area contributed by atoms with Crippen molar-refractivity contribution >= 4 is 52.1 Å². The standard InChI is InChI=1S/C27H33Cl3O5S/c1-27(2)34-15-19(35-27)14-33-26(32)25-9-7-20(36-25)4-3-5-21-22(24(31)13-23(21)30)8-6-16-10-17(28)12-18(29)11-16/h7,9-12,19,21-24,31H,3-6,8,13-15H2,1-2H3/t19-,21+,22+,23+,24+/m0/s1. The van der Waals surface area contributed by atoms with Gasteiger partial charge in [0.05, 0.1) is 12.7 Å². The lowest BCUT2D eigenvalue weighted by atomic mass is 9.85. The number of carbonyl (C=O) groups excluding carboxylic acids is 1. The van der Waals surface area contributed by atoms with E-state index in [0.29, 0.717) is 28.0 Å². The van der Waals surface area contributed by atoms with E-state index in [9.17, 15) is 9.90 Å². The van der Waals surface area contributed by atoms with E-state index in [1.807, 2.05) is 38.1 Å². The van der Waals surface area contributed by atoms with Crippen molar-refractivity contribution in [3.8, 4) is 0 Å². The zero-order valence-electron chi connectivity index (χ0n) is 20.6. The van der Waals surface area contributed by atoms with Gasteiger partial charge in [-0.05, 0) is 100 Å². The molecule has 0 unspecified atom stereocenters. The molecule has 0 amide bonds. The Labute approximate surface area is 232 Å². The lowest BCUT2D eigenvalue weighted by Crippen LogP contribution is -2.25. The van der Waals surface area contributed by atoms with Gasteiger partial charge in [-0.3, -0.25) is 0 Å². The molecule has 1 aliphatic heterocycles. The Morgan fingerprint density at radius 2 is 1.89 bits per heavy atom. The molecular weight excluding hydrogens is 543 g/mol. The predicted molar refractivity (Wildman–Crippen MR) is 144 cm³/mol. The van der Waals surface area contributed by atoms with Crippen LogP contribution in [0.5, 0.6) is 0 Å². The number of carbonyl (C=O) groups is 1. The van der Waals surface area contributed by atoms with Gasteiger partial charge in [0.15, 0.2) is 5.79 Å². The Morgan fingerprint density at radius 1 is 1.14 bits per heavy atom. The number of benzene rings is 1. The average molecular weight is 576 g/mol. The lowest BCUT2D eigenvalue weighted by Gasteiger charge is -2.23. The van der Waals surface area contributed by atoms with Gasteiger partial charge in [-0.25, -0.2) is 4.79 Å². The number of ether oxygens (including phenoxy) is 3. The van der Waals surface area contributed by atoms with E-state index in [2.05, 4.69) is 0 Å². The summed E-state index contributed by atoms with van der Waals surface area (Å²) < 4.78 is 16.6. The molecule has 1 aromatic carbocycles. The SMILES string of the molecule is CC1(C)OC[C@H](COC(=O)c2ccc(CCC[C@@H]3[C@@H](CCc4cc(Cl)cc(Cl)c4)[C@H](O)C[C@H]3Cl)s2)O1. The van der Waals surface area contributed by atoms with Crippen LogP contribution in [0.1, 0.15) is 59.6 Å². The van der Waals surface area contributed by atoms with Crippen LogP contribution in [0, 0.1) is 11.8 Å². The number of hydrogen-bond acceptors (Lipinski definition) is 6. The number of esters is 1. The first-order valence-electron chi connectivity index (χ1n) is 12.4. The summed E-state index contributed by atoms with van der Waals surface area (Å²) in [6.45, 7) is 4.29. The molecule has 9 heteroatoms. The predicted octanol–water partition coefficient (Wildman–Crippen LogP) is 6.92. The number of thiophene rings is 1. The van der Waals surface area contributed by atoms with Gasteiger partial charge in [0.25, 0.3) is 0 Å². The van der Waals surface area contributed by atoms with Gasteiger partial charge in [-0.2, -0.15) is 0 Å². The minimum absolute atomic E-state index is 0.0337. The molecule has 1 saturated carbocycles. The molecule has 1 saturated heterocycles. The van der Waals surface area contributed by atoms with Crippen molar-refractivity contribution in [1.29, 1.82) is 0 Å². The number of alkyl halides is 1. The third-order valence-corrected chi connectivity index (χ3v) is 9.02. The first-order chi connectivity index (χ1) is 17.1. The summed E-state index contributed by atoms with van der Waals surface area (Å²) in [7, 11) is 0. The van der Waals surface area contributed by atoms with Gasteiger partial charge >= 0.3 is 5.97 Å². The summed E-state index contributed by atoms with van der Waals surface area (Å²) >= 11 is 20.4. The van der Waals surface area contributed by atoms with Crippen molar-refractivity contribution in [2.45, 2.75) is 75.7 Å². The Hall–Kier alpha value is -0.860. The van der Waals surface area contributed by atoms with Gasteiger partial charge in [-0.1, -0.05) is 23.2 Å². The second-order valence-corrected chi connectivity index (χ2v) is 12.8. The first kappa shape index (κ1) is 28.2. The molecule has 1 aromatic heterocycles. The summed E-state index contributed by atoms with van der Waals surface area (Å²) in [6.07, 6.45) is 4.36. The van der Waals surface area contributed by atoms with Crippen LogP contribution >= 0.6 is 46.1 Å². The molecule has 2 heterocycles. The molecule has 0 bridgehead atoms. The number of halogens is 3. The summed E-state index contributed by atoms with van der Waals surface area (Å²) in [5.41, 5.74) is 1.07. The maximum absolute atomic E-state index is 12.4. The van der Waals surface area contributed by atoms with E-state index in [1.54, 1.807) is 6.07 Å². The highest BCUT2D eigenvalue weighted by Crippen LogP contribution is 2.42.